The molecule has 0 aromatic heterocycles. The molecule has 3 unspecified atom stereocenters. The number of allylic oxidation sites excluding steroid dienone is 3. The molecular formula is C24H28N4O4. The molecule has 1 aromatic carbocycles. The predicted octanol–water partition coefficient (Wildman–Crippen LogP) is 0.987. The Hall–Kier alpha value is -2.68. The average molecular weight is 437 g/mol. The molecule has 3 atom stereocenters. The van der Waals surface area contributed by atoms with E-state index in [9.17, 15) is 9.59 Å². The summed E-state index contributed by atoms with van der Waals surface area (Å²) >= 11 is 0. The zero-order chi connectivity index (χ0) is 21.7. The number of rotatable bonds is 3. The fourth-order valence-electron chi connectivity index (χ4n) is 5.72. The van der Waals surface area contributed by atoms with Crippen LogP contribution in [-0.4, -0.2) is 67.7 Å². The van der Waals surface area contributed by atoms with Gasteiger partial charge in [-0.2, -0.15) is 0 Å². The summed E-state index contributed by atoms with van der Waals surface area (Å²) in [7, 11) is 0. The Balaban J connectivity index is 1.19. The van der Waals surface area contributed by atoms with E-state index in [4.69, 9.17) is 9.47 Å². The third-order valence-corrected chi connectivity index (χ3v) is 7.40. The zero-order valence-electron chi connectivity index (χ0n) is 18.0. The maximum atomic E-state index is 11.9. The summed E-state index contributed by atoms with van der Waals surface area (Å²) in [5.41, 5.74) is 3.00. The van der Waals surface area contributed by atoms with Crippen LogP contribution in [0.2, 0.25) is 0 Å². The molecule has 1 spiro atoms. The summed E-state index contributed by atoms with van der Waals surface area (Å²) < 4.78 is 12.4. The van der Waals surface area contributed by atoms with Crippen molar-refractivity contribution in [3.8, 4) is 11.5 Å². The normalized spacial score (nSPS) is 31.6. The number of nitrogens with one attached hydrogen (secondary N) is 3. The summed E-state index contributed by atoms with van der Waals surface area (Å²) in [6.45, 7) is 4.89. The molecule has 168 valence electrons. The van der Waals surface area contributed by atoms with Crippen molar-refractivity contribution in [2.75, 3.05) is 44.8 Å². The van der Waals surface area contributed by atoms with Gasteiger partial charge in [-0.25, -0.2) is 0 Å². The second-order valence-corrected chi connectivity index (χ2v) is 9.40. The molecule has 2 saturated heterocycles. The molecule has 8 nitrogen and oxygen atoms in total. The quantitative estimate of drug-likeness (QED) is 0.651. The van der Waals surface area contributed by atoms with Crippen molar-refractivity contribution >= 4 is 17.4 Å². The first-order valence-electron chi connectivity index (χ1n) is 11.4. The number of hydrogen-bond acceptors (Lipinski definition) is 7. The number of piperidine rings is 1. The summed E-state index contributed by atoms with van der Waals surface area (Å²) in [4.78, 5) is 26.0. The number of benzene rings is 1. The minimum atomic E-state index is -0.0912. The Labute approximate surface area is 187 Å². The number of carbonyl (C=O) groups excluding carboxylic acids is 2. The Morgan fingerprint density at radius 1 is 1.22 bits per heavy atom. The number of likely N-dealkylation sites (tertiary alicyclic amines) is 1. The van der Waals surface area contributed by atoms with E-state index in [2.05, 4.69) is 26.9 Å². The van der Waals surface area contributed by atoms with E-state index >= 15 is 0 Å². The SMILES string of the molecule is O=C1C=CC(C2CN(CC3COc4ccc5c(c4O3)CC(=O)N5)CCC23CNCN3)=CC1. The summed E-state index contributed by atoms with van der Waals surface area (Å²) in [6.07, 6.45) is 7.58. The van der Waals surface area contributed by atoms with E-state index in [1.807, 2.05) is 18.2 Å². The van der Waals surface area contributed by atoms with Gasteiger partial charge < -0.3 is 20.1 Å². The van der Waals surface area contributed by atoms with E-state index in [0.717, 1.165) is 56.3 Å². The number of fused-ring (bicyclic) bond motifs is 3. The molecule has 3 N–H and O–H groups in total. The maximum absolute atomic E-state index is 11.9. The summed E-state index contributed by atoms with van der Waals surface area (Å²) in [5.74, 6) is 1.89. The van der Waals surface area contributed by atoms with Crippen molar-refractivity contribution in [3.05, 3.63) is 41.5 Å². The second kappa shape index (κ2) is 7.72. The third kappa shape index (κ3) is 3.43. The molecule has 2 fully saturated rings. The molecule has 0 radical (unpaired) electrons. The van der Waals surface area contributed by atoms with Gasteiger partial charge in [0.15, 0.2) is 17.3 Å². The fraction of sp³-hybridized carbons (Fsp3) is 0.500. The van der Waals surface area contributed by atoms with Crippen molar-refractivity contribution < 1.29 is 19.1 Å². The van der Waals surface area contributed by atoms with Gasteiger partial charge in [0.25, 0.3) is 0 Å². The monoisotopic (exact) mass is 436 g/mol. The third-order valence-electron chi connectivity index (χ3n) is 7.40. The number of ether oxygens (including phenoxy) is 2. The number of nitrogens with zero attached hydrogens (tertiary/aromatic N) is 1. The van der Waals surface area contributed by atoms with Crippen molar-refractivity contribution in [1.82, 2.24) is 15.5 Å². The molecule has 4 heterocycles. The Morgan fingerprint density at radius 2 is 2.16 bits per heavy atom. The summed E-state index contributed by atoms with van der Waals surface area (Å²) in [6, 6.07) is 3.76. The van der Waals surface area contributed by atoms with Crippen LogP contribution in [0.3, 0.4) is 0 Å². The molecule has 0 saturated carbocycles. The second-order valence-electron chi connectivity index (χ2n) is 9.40. The molecule has 0 bridgehead atoms. The van der Waals surface area contributed by atoms with Crippen LogP contribution in [-0.2, 0) is 16.0 Å². The lowest BCUT2D eigenvalue weighted by Gasteiger charge is -2.47. The van der Waals surface area contributed by atoms with Gasteiger partial charge in [0.1, 0.15) is 12.7 Å². The largest absolute Gasteiger partial charge is 0.486 e. The lowest BCUT2D eigenvalue weighted by molar-refractivity contribution is -0.115. The lowest BCUT2D eigenvalue weighted by Crippen LogP contribution is -2.60. The Kier molecular flexibility index (Phi) is 4.82. The first kappa shape index (κ1) is 20.0. The van der Waals surface area contributed by atoms with Gasteiger partial charge in [0, 0.05) is 62.0 Å². The van der Waals surface area contributed by atoms with Crippen molar-refractivity contribution in [2.45, 2.75) is 30.9 Å². The van der Waals surface area contributed by atoms with Gasteiger partial charge in [-0.05, 0) is 30.2 Å². The number of carbonyl (C=O) groups is 2. The van der Waals surface area contributed by atoms with Crippen LogP contribution in [0.25, 0.3) is 0 Å². The van der Waals surface area contributed by atoms with Crippen molar-refractivity contribution in [3.63, 3.8) is 0 Å². The van der Waals surface area contributed by atoms with Crippen LogP contribution in [0.1, 0.15) is 18.4 Å². The highest BCUT2D eigenvalue weighted by molar-refractivity contribution is 6.00. The first-order chi connectivity index (χ1) is 15.6. The van der Waals surface area contributed by atoms with E-state index in [0.29, 0.717) is 31.1 Å². The highest BCUT2D eigenvalue weighted by Crippen LogP contribution is 2.42. The van der Waals surface area contributed by atoms with Crippen molar-refractivity contribution in [2.24, 2.45) is 5.92 Å². The molecule has 1 aliphatic carbocycles. The van der Waals surface area contributed by atoms with Gasteiger partial charge >= 0.3 is 0 Å². The maximum Gasteiger partial charge on any atom is 0.229 e. The van der Waals surface area contributed by atoms with E-state index < -0.39 is 0 Å². The topological polar surface area (TPSA) is 91.9 Å². The van der Waals surface area contributed by atoms with Crippen LogP contribution >= 0.6 is 0 Å². The summed E-state index contributed by atoms with van der Waals surface area (Å²) in [5, 5.41) is 10.1. The highest BCUT2D eigenvalue weighted by atomic mass is 16.6. The Morgan fingerprint density at radius 3 is 2.97 bits per heavy atom. The van der Waals surface area contributed by atoms with Gasteiger partial charge in [0.2, 0.25) is 5.91 Å². The number of amides is 1. The highest BCUT2D eigenvalue weighted by Gasteiger charge is 2.46. The molecule has 5 aliphatic rings. The minimum Gasteiger partial charge on any atom is -0.486 e. The number of ketones is 1. The van der Waals surface area contributed by atoms with Crippen LogP contribution < -0.4 is 25.4 Å². The standard InChI is InChI=1S/C24H28N4O4/c29-16-3-1-15(2-4-16)19-11-28(8-7-24(19)13-25-14-26-24)10-17-12-31-21-6-5-20-18(23(21)32-17)9-22(30)27-20/h1-3,5-6,17,19,25-26H,4,7-14H2,(H,27,30). The van der Waals surface area contributed by atoms with E-state index in [1.54, 1.807) is 6.08 Å². The zero-order valence-corrected chi connectivity index (χ0v) is 18.0. The molecule has 6 rings (SSSR count). The van der Waals surface area contributed by atoms with Gasteiger partial charge in [-0.1, -0.05) is 12.2 Å². The lowest BCUT2D eigenvalue weighted by atomic mass is 9.73. The average Bonchev–Trinajstić information content (AvgIpc) is 3.42. The molecule has 8 heteroatoms. The molecule has 32 heavy (non-hydrogen) atoms. The molecular weight excluding hydrogens is 408 g/mol. The molecule has 1 aromatic rings. The van der Waals surface area contributed by atoms with Crippen LogP contribution in [0.4, 0.5) is 5.69 Å². The van der Waals surface area contributed by atoms with Crippen LogP contribution in [0, 0.1) is 5.92 Å². The first-order valence-corrected chi connectivity index (χ1v) is 11.4. The fourth-order valence-corrected chi connectivity index (χ4v) is 5.72. The van der Waals surface area contributed by atoms with Gasteiger partial charge in [-0.15, -0.1) is 0 Å². The molecule has 4 aliphatic heterocycles. The van der Waals surface area contributed by atoms with Gasteiger partial charge in [-0.3, -0.25) is 19.8 Å². The van der Waals surface area contributed by atoms with Crippen LogP contribution in [0.5, 0.6) is 11.5 Å². The Bertz CT molecular complexity index is 1030. The van der Waals surface area contributed by atoms with E-state index in [-0.39, 0.29) is 23.3 Å². The smallest absolute Gasteiger partial charge is 0.229 e. The van der Waals surface area contributed by atoms with E-state index in [1.165, 1.54) is 5.57 Å². The van der Waals surface area contributed by atoms with Crippen molar-refractivity contribution in [1.29, 1.82) is 0 Å². The number of anilines is 1. The minimum absolute atomic E-state index is 0.00624. The van der Waals surface area contributed by atoms with Crippen LogP contribution in [0.15, 0.2) is 35.9 Å². The van der Waals surface area contributed by atoms with Gasteiger partial charge in [0.05, 0.1) is 6.42 Å². The molecule has 1 amide bonds. The number of hydrogen-bond donors (Lipinski definition) is 3. The predicted molar refractivity (Wildman–Crippen MR) is 119 cm³/mol.